The molecule has 13 heteroatoms. The van der Waals surface area contributed by atoms with E-state index in [0.717, 1.165) is 43.9 Å². The second-order valence-corrected chi connectivity index (χ2v) is 13.2. The molecule has 2 fully saturated rings. The topological polar surface area (TPSA) is 199 Å². The smallest absolute Gasteiger partial charge is 0.304 e. The molecule has 2 atom stereocenters. The molecule has 1 amide bonds. The predicted molar refractivity (Wildman–Crippen MR) is 172 cm³/mol. The molecule has 0 aliphatic heterocycles. The molecule has 0 spiro atoms. The normalized spacial score (nSPS) is 16.9. The van der Waals surface area contributed by atoms with Gasteiger partial charge in [-0.1, -0.05) is 107 Å². The fourth-order valence-corrected chi connectivity index (χ4v) is 6.66. The van der Waals surface area contributed by atoms with Crippen molar-refractivity contribution in [2.75, 3.05) is 6.54 Å². The molecule has 2 heterocycles. The molecule has 2 aromatic heterocycles. The number of hydrogen-bond acceptors (Lipinski definition) is 10. The van der Waals surface area contributed by atoms with Gasteiger partial charge in [0.25, 0.3) is 11.7 Å². The van der Waals surface area contributed by atoms with Crippen molar-refractivity contribution >= 4 is 23.6 Å². The number of nitrogens with one attached hydrogen (secondary N) is 1. The van der Waals surface area contributed by atoms with Crippen molar-refractivity contribution in [3.05, 3.63) is 23.4 Å². The summed E-state index contributed by atoms with van der Waals surface area (Å²) >= 11 is 0. The van der Waals surface area contributed by atoms with E-state index in [1.807, 2.05) is 6.92 Å². The summed E-state index contributed by atoms with van der Waals surface area (Å²) in [5, 5.41) is 28.2. The van der Waals surface area contributed by atoms with E-state index in [1.54, 1.807) is 0 Å². The molecular formula is C34H53N5O8. The van der Waals surface area contributed by atoms with Crippen LogP contribution in [0.2, 0.25) is 0 Å². The number of carboxylic acids is 2. The Bertz CT molecular complexity index is 1250. The highest BCUT2D eigenvalue weighted by Gasteiger charge is 2.26. The zero-order valence-corrected chi connectivity index (χ0v) is 28.1. The van der Waals surface area contributed by atoms with E-state index in [-0.39, 0.29) is 59.8 Å². The second kappa shape index (κ2) is 20.6. The maximum absolute atomic E-state index is 11.9. The van der Waals surface area contributed by atoms with E-state index >= 15 is 0 Å². The number of amides is 1. The SMILES string of the molecule is CC(=O)c1noc([C@H](CCCC2CCCCC2)CC(=O)O)n1.CCCNC(=O)c1noc([C@H](CCCC2CCCCC2)CC(=O)O)n1. The van der Waals surface area contributed by atoms with Gasteiger partial charge in [-0.05, 0) is 31.1 Å². The molecule has 0 saturated heterocycles. The Balaban J connectivity index is 0.000000257. The van der Waals surface area contributed by atoms with Gasteiger partial charge in [0.05, 0.1) is 12.8 Å². The summed E-state index contributed by atoms with van der Waals surface area (Å²) < 4.78 is 10.3. The third-order valence-corrected chi connectivity index (χ3v) is 9.26. The maximum Gasteiger partial charge on any atom is 0.304 e. The molecule has 0 unspecified atom stereocenters. The van der Waals surface area contributed by atoms with Crippen molar-refractivity contribution in [3.63, 3.8) is 0 Å². The van der Waals surface area contributed by atoms with E-state index < -0.39 is 11.9 Å². The first-order valence-corrected chi connectivity index (χ1v) is 17.6. The lowest BCUT2D eigenvalue weighted by Gasteiger charge is -2.21. The third kappa shape index (κ3) is 13.9. The fourth-order valence-electron chi connectivity index (χ4n) is 6.66. The number of rotatable bonds is 18. The first-order valence-electron chi connectivity index (χ1n) is 17.6. The molecule has 0 radical (unpaired) electrons. The summed E-state index contributed by atoms with van der Waals surface area (Å²) in [6, 6.07) is 0. The first-order chi connectivity index (χ1) is 22.7. The maximum atomic E-state index is 11.9. The summed E-state index contributed by atoms with van der Waals surface area (Å²) in [7, 11) is 0. The lowest BCUT2D eigenvalue weighted by molar-refractivity contribution is -0.138. The van der Waals surface area contributed by atoms with Crippen LogP contribution in [0.4, 0.5) is 0 Å². The van der Waals surface area contributed by atoms with Crippen LogP contribution in [-0.4, -0.2) is 60.7 Å². The molecule has 4 rings (SSSR count). The zero-order chi connectivity index (χ0) is 34.0. The Labute approximate surface area is 277 Å². The highest BCUT2D eigenvalue weighted by atomic mass is 16.5. The van der Waals surface area contributed by atoms with Crippen LogP contribution in [0.25, 0.3) is 0 Å². The molecule has 47 heavy (non-hydrogen) atoms. The van der Waals surface area contributed by atoms with Gasteiger partial charge < -0.3 is 24.6 Å². The monoisotopic (exact) mass is 659 g/mol. The zero-order valence-electron chi connectivity index (χ0n) is 28.1. The highest BCUT2D eigenvalue weighted by molar-refractivity contribution is 5.90. The number of carboxylic acid groups (broad SMARTS) is 2. The Morgan fingerprint density at radius 2 is 1.19 bits per heavy atom. The molecule has 2 aliphatic carbocycles. The highest BCUT2D eigenvalue weighted by Crippen LogP contribution is 2.32. The van der Waals surface area contributed by atoms with Crippen molar-refractivity contribution < 1.29 is 38.4 Å². The summed E-state index contributed by atoms with van der Waals surface area (Å²) in [5.74, 6) is -0.995. The molecular weight excluding hydrogens is 606 g/mol. The predicted octanol–water partition coefficient (Wildman–Crippen LogP) is 7.10. The van der Waals surface area contributed by atoms with Crippen molar-refractivity contribution in [2.45, 2.75) is 148 Å². The second-order valence-electron chi connectivity index (χ2n) is 13.2. The molecule has 13 nitrogen and oxygen atoms in total. The van der Waals surface area contributed by atoms with Crippen LogP contribution in [0.1, 0.15) is 181 Å². The quantitative estimate of drug-likeness (QED) is 0.137. The van der Waals surface area contributed by atoms with Crippen molar-refractivity contribution in [1.29, 1.82) is 0 Å². The van der Waals surface area contributed by atoms with Crippen molar-refractivity contribution in [3.8, 4) is 0 Å². The van der Waals surface area contributed by atoms with Gasteiger partial charge in [0.1, 0.15) is 0 Å². The van der Waals surface area contributed by atoms with Gasteiger partial charge in [0, 0.05) is 25.3 Å². The largest absolute Gasteiger partial charge is 0.481 e. The minimum atomic E-state index is -0.891. The summed E-state index contributed by atoms with van der Waals surface area (Å²) in [6.07, 6.45) is 19.4. The number of hydrogen-bond donors (Lipinski definition) is 3. The van der Waals surface area contributed by atoms with Crippen LogP contribution in [0.15, 0.2) is 9.05 Å². The van der Waals surface area contributed by atoms with Crippen LogP contribution in [0.3, 0.4) is 0 Å². The lowest BCUT2D eigenvalue weighted by Crippen LogP contribution is -2.25. The van der Waals surface area contributed by atoms with Gasteiger partial charge in [-0.15, -0.1) is 0 Å². The van der Waals surface area contributed by atoms with Crippen LogP contribution < -0.4 is 5.32 Å². The van der Waals surface area contributed by atoms with Gasteiger partial charge in [0.2, 0.25) is 23.4 Å². The fraction of sp³-hybridized carbons (Fsp3) is 0.765. The minimum Gasteiger partial charge on any atom is -0.481 e. The summed E-state index contributed by atoms with van der Waals surface area (Å²) in [6.45, 7) is 3.86. The van der Waals surface area contributed by atoms with Gasteiger partial charge in [0.15, 0.2) is 0 Å². The Morgan fingerprint density at radius 1 is 0.745 bits per heavy atom. The average Bonchev–Trinajstić information content (AvgIpc) is 3.75. The molecule has 0 aromatic carbocycles. The minimum absolute atomic E-state index is 0.0221. The first kappa shape index (κ1) is 37.8. The van der Waals surface area contributed by atoms with Crippen LogP contribution in [0, 0.1) is 11.8 Å². The van der Waals surface area contributed by atoms with Crippen molar-refractivity contribution in [1.82, 2.24) is 25.6 Å². The van der Waals surface area contributed by atoms with Crippen LogP contribution in [-0.2, 0) is 9.59 Å². The molecule has 3 N–H and O–H groups in total. The molecule has 2 aromatic rings. The average molecular weight is 660 g/mol. The number of carbonyl (C=O) groups is 4. The molecule has 2 saturated carbocycles. The number of aliphatic carboxylic acids is 2. The Morgan fingerprint density at radius 3 is 1.60 bits per heavy atom. The van der Waals surface area contributed by atoms with E-state index in [1.165, 1.54) is 71.1 Å². The number of nitrogens with zero attached hydrogens (tertiary/aromatic N) is 4. The van der Waals surface area contributed by atoms with Gasteiger partial charge in [-0.2, -0.15) is 9.97 Å². The van der Waals surface area contributed by atoms with E-state index in [2.05, 4.69) is 25.6 Å². The standard InChI is InChI=1S/C18H29N3O4.C16H24N2O4/c1-2-11-19-17(24)16-20-18(25-21-16)14(12-15(22)23)10-6-9-13-7-4-3-5-8-13;1-11(19)15-17-16(22-18-15)13(10-14(20)21)9-5-8-12-6-3-2-4-7-12/h13-14H,2-12H2,1H3,(H,19,24)(H,22,23);12-13H,2-10H2,1H3,(H,20,21)/t14-;13-/m11/s1. The Kier molecular flexibility index (Phi) is 16.5. The molecule has 2 aliphatic rings. The van der Waals surface area contributed by atoms with E-state index in [9.17, 15) is 19.2 Å². The van der Waals surface area contributed by atoms with Crippen LogP contribution in [0.5, 0.6) is 0 Å². The number of carbonyl (C=O) groups excluding carboxylic acids is 2. The number of ketones is 1. The number of aromatic nitrogens is 4. The Hall–Kier alpha value is -3.64. The van der Waals surface area contributed by atoms with E-state index in [4.69, 9.17) is 19.3 Å². The lowest BCUT2D eigenvalue weighted by atomic mass is 9.84. The van der Waals surface area contributed by atoms with Gasteiger partial charge in [-0.25, -0.2) is 0 Å². The third-order valence-electron chi connectivity index (χ3n) is 9.26. The van der Waals surface area contributed by atoms with Gasteiger partial charge >= 0.3 is 11.9 Å². The van der Waals surface area contributed by atoms with Gasteiger partial charge in [-0.3, -0.25) is 19.2 Å². The van der Waals surface area contributed by atoms with Crippen LogP contribution >= 0.6 is 0 Å². The molecule has 0 bridgehead atoms. The summed E-state index contributed by atoms with van der Waals surface area (Å²) in [5.41, 5.74) is 0. The van der Waals surface area contributed by atoms with E-state index in [0.29, 0.717) is 19.4 Å². The van der Waals surface area contributed by atoms with Crippen molar-refractivity contribution in [2.24, 2.45) is 11.8 Å². The number of Topliss-reactive ketones (excluding diaryl/α,β-unsaturated/α-hetero) is 1. The molecule has 262 valence electrons. The summed E-state index contributed by atoms with van der Waals surface area (Å²) in [4.78, 5) is 53.5.